The summed E-state index contributed by atoms with van der Waals surface area (Å²) in [4.78, 5) is 22.0. The minimum Gasteiger partial charge on any atom is -0.229 e. The van der Waals surface area contributed by atoms with Crippen LogP contribution in [0.15, 0.2) is 30.3 Å². The van der Waals surface area contributed by atoms with Gasteiger partial charge in [0.25, 0.3) is 0 Å². The summed E-state index contributed by atoms with van der Waals surface area (Å²) >= 11 is 0.847. The van der Waals surface area contributed by atoms with Crippen molar-refractivity contribution in [3.05, 3.63) is 35.9 Å². The van der Waals surface area contributed by atoms with E-state index in [2.05, 4.69) is 5.32 Å². The lowest BCUT2D eigenvalue weighted by molar-refractivity contribution is -0.219. The third-order valence-electron chi connectivity index (χ3n) is 1.66. The number of hydrogen-bond donors (Lipinski definition) is 1. The molecule has 0 aliphatic carbocycles. The molecule has 1 N–H and O–H groups in total. The minimum atomic E-state index is -0.399. The average molecular weight is 207 g/mol. The lowest BCUT2D eigenvalue weighted by Crippen LogP contribution is -2.21. The predicted octanol–water partition coefficient (Wildman–Crippen LogP) is 1.61. The quantitative estimate of drug-likeness (QED) is 0.562. The Bertz CT molecular complexity index is 414. The van der Waals surface area contributed by atoms with E-state index in [1.165, 1.54) is 3.98 Å². The van der Waals surface area contributed by atoms with Gasteiger partial charge in [0.15, 0.2) is 11.9 Å². The summed E-state index contributed by atoms with van der Waals surface area (Å²) in [6, 6.07) is 8.94. The van der Waals surface area contributed by atoms with E-state index in [1.54, 1.807) is 6.21 Å². The molecule has 70 valence electrons. The zero-order valence-corrected chi connectivity index (χ0v) is 7.95. The summed E-state index contributed by atoms with van der Waals surface area (Å²) in [6.07, 6.45) is 1.62. The molecule has 1 saturated heterocycles. The van der Waals surface area contributed by atoms with Crippen molar-refractivity contribution in [2.45, 2.75) is 0 Å². The summed E-state index contributed by atoms with van der Waals surface area (Å²) in [5.74, 6) is 0. The molecule has 1 aliphatic heterocycles. The van der Waals surface area contributed by atoms with Gasteiger partial charge in [-0.3, -0.25) is 0 Å². The number of carbonyl (C=O) groups excluding carboxylic acids is 2. The van der Waals surface area contributed by atoms with E-state index in [1.807, 2.05) is 30.3 Å². The number of benzene rings is 1. The van der Waals surface area contributed by atoms with E-state index in [-0.39, 0.29) is 5.24 Å². The lowest BCUT2D eigenvalue weighted by Gasteiger charge is -1.89. The van der Waals surface area contributed by atoms with Crippen molar-refractivity contribution in [3.8, 4) is 0 Å². The number of amides is 3. The first kappa shape index (κ1) is 8.96. The van der Waals surface area contributed by atoms with Crippen molar-refractivity contribution >= 4 is 29.4 Å². The van der Waals surface area contributed by atoms with Gasteiger partial charge in [-0.2, -0.15) is 10.1 Å². The van der Waals surface area contributed by atoms with Crippen molar-refractivity contribution in [1.29, 1.82) is 0 Å². The molecule has 1 aromatic carbocycles. The third kappa shape index (κ3) is 1.82. The largest absolute Gasteiger partial charge is 0.511 e. The van der Waals surface area contributed by atoms with Gasteiger partial charge in [0.1, 0.15) is 6.21 Å². The second-order valence-corrected chi connectivity index (χ2v) is 3.62. The SMILES string of the molecule is O=C1NC(=O)/[N+](=C/c2ccccc2)S1. The molecule has 2 rings (SSSR count). The van der Waals surface area contributed by atoms with Gasteiger partial charge in [0, 0.05) is 5.56 Å². The van der Waals surface area contributed by atoms with Crippen LogP contribution in [0.5, 0.6) is 0 Å². The van der Waals surface area contributed by atoms with Crippen LogP contribution in [-0.4, -0.2) is 21.5 Å². The lowest BCUT2D eigenvalue weighted by atomic mass is 10.2. The highest BCUT2D eigenvalue weighted by Gasteiger charge is 2.34. The zero-order chi connectivity index (χ0) is 9.97. The Morgan fingerprint density at radius 3 is 2.50 bits per heavy atom. The first-order valence-electron chi connectivity index (χ1n) is 3.98. The summed E-state index contributed by atoms with van der Waals surface area (Å²) in [6.45, 7) is 0. The second-order valence-electron chi connectivity index (χ2n) is 2.67. The van der Waals surface area contributed by atoms with E-state index in [9.17, 15) is 9.59 Å². The molecule has 1 aromatic rings. The van der Waals surface area contributed by atoms with Crippen LogP contribution in [0.4, 0.5) is 9.59 Å². The van der Waals surface area contributed by atoms with Gasteiger partial charge in [-0.15, -0.1) is 3.98 Å². The summed E-state index contributed by atoms with van der Waals surface area (Å²) < 4.78 is 1.28. The Labute approximate surface area is 84.8 Å². The molecule has 0 bridgehead atoms. The molecule has 0 atom stereocenters. The zero-order valence-electron chi connectivity index (χ0n) is 7.14. The van der Waals surface area contributed by atoms with Crippen LogP contribution < -0.4 is 5.32 Å². The molecule has 4 nitrogen and oxygen atoms in total. The molecule has 0 aromatic heterocycles. The van der Waals surface area contributed by atoms with Crippen molar-refractivity contribution in [2.24, 2.45) is 0 Å². The van der Waals surface area contributed by atoms with Crippen LogP contribution in [0.1, 0.15) is 5.56 Å². The average Bonchev–Trinajstić information content (AvgIpc) is 2.47. The Hall–Kier alpha value is -1.62. The Kier molecular flexibility index (Phi) is 2.32. The summed E-state index contributed by atoms with van der Waals surface area (Å²) in [5, 5.41) is 1.82. The Balaban J connectivity index is 2.28. The van der Waals surface area contributed by atoms with Gasteiger partial charge in [0.05, 0.1) is 0 Å². The van der Waals surface area contributed by atoms with Crippen LogP contribution >= 0.6 is 11.9 Å². The number of nitrogens with zero attached hydrogens (tertiary/aromatic N) is 1. The third-order valence-corrected chi connectivity index (χ3v) is 2.39. The van der Waals surface area contributed by atoms with Crippen LogP contribution in [0.2, 0.25) is 0 Å². The van der Waals surface area contributed by atoms with Crippen molar-refractivity contribution in [2.75, 3.05) is 0 Å². The van der Waals surface area contributed by atoms with Gasteiger partial charge >= 0.3 is 11.3 Å². The van der Waals surface area contributed by atoms with E-state index < -0.39 is 6.03 Å². The van der Waals surface area contributed by atoms with Gasteiger partial charge in [-0.05, 0) is 0 Å². The maximum atomic E-state index is 11.1. The number of urea groups is 1. The summed E-state index contributed by atoms with van der Waals surface area (Å²) in [7, 11) is 0. The highest BCUT2D eigenvalue weighted by atomic mass is 32.2. The number of rotatable bonds is 1. The normalized spacial score (nSPS) is 18.7. The number of nitrogens with one attached hydrogen (secondary N) is 1. The fourth-order valence-corrected chi connectivity index (χ4v) is 1.67. The van der Waals surface area contributed by atoms with E-state index >= 15 is 0 Å². The molecular weight excluding hydrogens is 200 g/mol. The molecule has 0 spiro atoms. The van der Waals surface area contributed by atoms with Gasteiger partial charge in [-0.25, -0.2) is 4.79 Å². The minimum absolute atomic E-state index is 0.345. The molecular formula is C9H7N2O2S+. The molecule has 3 amide bonds. The number of imide groups is 1. The van der Waals surface area contributed by atoms with E-state index in [0.717, 1.165) is 17.5 Å². The van der Waals surface area contributed by atoms with Crippen LogP contribution in [0, 0.1) is 0 Å². The fourth-order valence-electron chi connectivity index (χ4n) is 1.06. The topological polar surface area (TPSA) is 49.2 Å². The van der Waals surface area contributed by atoms with Gasteiger partial charge < -0.3 is 0 Å². The Morgan fingerprint density at radius 2 is 1.93 bits per heavy atom. The van der Waals surface area contributed by atoms with Crippen molar-refractivity contribution < 1.29 is 13.6 Å². The van der Waals surface area contributed by atoms with Crippen LogP contribution in [0.3, 0.4) is 0 Å². The molecule has 14 heavy (non-hydrogen) atoms. The first-order valence-corrected chi connectivity index (χ1v) is 4.75. The predicted molar refractivity (Wildman–Crippen MR) is 53.4 cm³/mol. The van der Waals surface area contributed by atoms with Crippen molar-refractivity contribution in [3.63, 3.8) is 0 Å². The smallest absolute Gasteiger partial charge is 0.229 e. The molecule has 1 heterocycles. The molecule has 0 unspecified atom stereocenters. The molecule has 0 saturated carbocycles. The molecule has 1 aliphatic rings. The maximum absolute atomic E-state index is 11.1. The van der Waals surface area contributed by atoms with Gasteiger partial charge in [-0.1, -0.05) is 30.3 Å². The Morgan fingerprint density at radius 1 is 1.21 bits per heavy atom. The summed E-state index contributed by atoms with van der Waals surface area (Å²) in [5.41, 5.74) is 0.879. The fraction of sp³-hybridized carbons (Fsp3) is 0. The van der Waals surface area contributed by atoms with Gasteiger partial charge in [0.2, 0.25) is 0 Å². The van der Waals surface area contributed by atoms with E-state index in [4.69, 9.17) is 0 Å². The van der Waals surface area contributed by atoms with Crippen molar-refractivity contribution in [1.82, 2.24) is 5.32 Å². The highest BCUT2D eigenvalue weighted by molar-refractivity contribution is 8.09. The standard InChI is InChI=1S/C9H6N2O2S/c12-8-10-9(13)14-11(8)6-7-4-2-1-3-5-7/h1-6H/p+1/b11-6-. The van der Waals surface area contributed by atoms with Crippen LogP contribution in [-0.2, 0) is 0 Å². The monoisotopic (exact) mass is 207 g/mol. The first-order chi connectivity index (χ1) is 6.75. The number of hydrogen-bond acceptors (Lipinski definition) is 3. The molecule has 5 heteroatoms. The molecule has 1 fully saturated rings. The molecule has 0 radical (unpaired) electrons. The van der Waals surface area contributed by atoms with Crippen LogP contribution in [0.25, 0.3) is 0 Å². The van der Waals surface area contributed by atoms with E-state index in [0.29, 0.717) is 0 Å². The second kappa shape index (κ2) is 3.63. The highest BCUT2D eigenvalue weighted by Crippen LogP contribution is 2.11. The maximum Gasteiger partial charge on any atom is 0.511 e. The number of carbonyl (C=O) groups is 2.